The van der Waals surface area contributed by atoms with E-state index >= 15 is 0 Å². The summed E-state index contributed by atoms with van der Waals surface area (Å²) in [5.41, 5.74) is 0.203. The summed E-state index contributed by atoms with van der Waals surface area (Å²) in [6.07, 6.45) is 9.73. The van der Waals surface area contributed by atoms with Crippen LogP contribution in [0, 0.1) is 29.1 Å². The molecule has 4 heteroatoms. The fraction of sp³-hybridized carbons (Fsp3) is 0.696. The third-order valence-corrected chi connectivity index (χ3v) is 6.86. The molecule has 0 bridgehead atoms. The summed E-state index contributed by atoms with van der Waals surface area (Å²) in [4.78, 5) is 39.0. The van der Waals surface area contributed by atoms with Gasteiger partial charge in [-0.1, -0.05) is 44.6 Å². The smallest absolute Gasteiger partial charge is 0.235 e. The van der Waals surface area contributed by atoms with Crippen molar-refractivity contribution in [3.63, 3.8) is 0 Å². The van der Waals surface area contributed by atoms with Gasteiger partial charge in [-0.2, -0.15) is 0 Å². The maximum atomic E-state index is 13.5. The van der Waals surface area contributed by atoms with Gasteiger partial charge in [0.1, 0.15) is 17.0 Å². The molecule has 0 aromatic heterocycles. The summed E-state index contributed by atoms with van der Waals surface area (Å²) in [6.45, 7) is 8.58. The highest BCUT2D eigenvalue weighted by atomic mass is 16.2. The molecule has 1 heterocycles. The van der Waals surface area contributed by atoms with Gasteiger partial charge < -0.3 is 5.32 Å². The minimum atomic E-state index is -1.06. The molecule has 148 valence electrons. The Bertz CT molecular complexity index is 690. The quantitative estimate of drug-likeness (QED) is 0.589. The highest BCUT2D eigenvalue weighted by Gasteiger charge is 2.64. The Hall–Kier alpha value is -1.71. The molecule has 1 amide bonds. The van der Waals surface area contributed by atoms with Crippen LogP contribution < -0.4 is 5.32 Å². The first-order chi connectivity index (χ1) is 12.8. The molecule has 3 aliphatic rings. The molecule has 27 heavy (non-hydrogen) atoms. The van der Waals surface area contributed by atoms with Crippen LogP contribution in [0.25, 0.3) is 0 Å². The first-order valence-electron chi connectivity index (χ1n) is 10.5. The molecule has 1 fully saturated rings. The van der Waals surface area contributed by atoms with Crippen molar-refractivity contribution >= 4 is 17.5 Å². The van der Waals surface area contributed by atoms with E-state index in [9.17, 15) is 14.4 Å². The van der Waals surface area contributed by atoms with Crippen LogP contribution in [0.5, 0.6) is 0 Å². The molecule has 5 unspecified atom stereocenters. The third kappa shape index (κ3) is 3.43. The highest BCUT2D eigenvalue weighted by molar-refractivity contribution is 6.10. The van der Waals surface area contributed by atoms with E-state index in [0.717, 1.165) is 19.3 Å². The molecule has 0 aromatic rings. The molecule has 2 aliphatic carbocycles. The number of carbonyl (C=O) groups is 3. The first kappa shape index (κ1) is 20.0. The van der Waals surface area contributed by atoms with Crippen LogP contribution in [0.4, 0.5) is 0 Å². The van der Waals surface area contributed by atoms with Crippen LogP contribution in [-0.2, 0) is 14.4 Å². The van der Waals surface area contributed by atoms with E-state index in [1.165, 1.54) is 5.57 Å². The topological polar surface area (TPSA) is 63.2 Å². The SMILES string of the molecule is CC1=CC2C=CCCCC(=O)CCC(=O)C23C(=O)NC(CC(C)C)C3C1C. The summed E-state index contributed by atoms with van der Waals surface area (Å²) in [7, 11) is 0. The van der Waals surface area contributed by atoms with E-state index in [-0.39, 0.29) is 54.1 Å². The standard InChI is InChI=1S/C23H33NO3/c1-14(2)12-19-21-16(4)15(3)13-17-8-6-5-7-9-18(25)10-11-20(26)23(17,21)22(27)24-19/h6,8,13-14,16-17,19,21H,5,7,9-12H2,1-4H3,(H,24,27). The van der Waals surface area contributed by atoms with E-state index in [0.29, 0.717) is 12.3 Å². The van der Waals surface area contributed by atoms with E-state index in [1.54, 1.807) is 0 Å². The van der Waals surface area contributed by atoms with Gasteiger partial charge in [0.25, 0.3) is 0 Å². The zero-order chi connectivity index (χ0) is 19.8. The first-order valence-corrected chi connectivity index (χ1v) is 10.5. The predicted molar refractivity (Wildman–Crippen MR) is 106 cm³/mol. The monoisotopic (exact) mass is 371 g/mol. The number of hydrogen-bond acceptors (Lipinski definition) is 3. The fourth-order valence-electron chi connectivity index (χ4n) is 5.48. The van der Waals surface area contributed by atoms with Crippen molar-refractivity contribution in [2.24, 2.45) is 29.1 Å². The van der Waals surface area contributed by atoms with Crippen molar-refractivity contribution in [1.29, 1.82) is 0 Å². The van der Waals surface area contributed by atoms with Crippen molar-refractivity contribution in [1.82, 2.24) is 5.32 Å². The van der Waals surface area contributed by atoms with Gasteiger partial charge in [0.05, 0.1) is 0 Å². The van der Waals surface area contributed by atoms with Gasteiger partial charge in [-0.15, -0.1) is 0 Å². The van der Waals surface area contributed by atoms with Crippen molar-refractivity contribution < 1.29 is 14.4 Å². The highest BCUT2D eigenvalue weighted by Crippen LogP contribution is 2.55. The summed E-state index contributed by atoms with van der Waals surface area (Å²) >= 11 is 0. The van der Waals surface area contributed by atoms with Crippen molar-refractivity contribution in [3.05, 3.63) is 23.8 Å². The van der Waals surface area contributed by atoms with E-state index in [1.807, 2.05) is 0 Å². The lowest BCUT2D eigenvalue weighted by Gasteiger charge is -2.45. The molecule has 1 saturated heterocycles. The van der Waals surface area contributed by atoms with Gasteiger partial charge in [-0.3, -0.25) is 14.4 Å². The minimum absolute atomic E-state index is 0.0110. The van der Waals surface area contributed by atoms with Gasteiger partial charge in [0, 0.05) is 37.1 Å². The molecule has 3 rings (SSSR count). The number of ketones is 2. The van der Waals surface area contributed by atoms with E-state index in [2.05, 4.69) is 51.2 Å². The van der Waals surface area contributed by atoms with Crippen LogP contribution >= 0.6 is 0 Å². The normalized spacial score (nSPS) is 37.4. The van der Waals surface area contributed by atoms with Crippen molar-refractivity contribution in [2.45, 2.75) is 72.3 Å². The Labute approximate surface area is 162 Å². The second-order valence-corrected chi connectivity index (χ2v) is 9.11. The van der Waals surface area contributed by atoms with Crippen LogP contribution in [0.1, 0.15) is 66.2 Å². The van der Waals surface area contributed by atoms with E-state index in [4.69, 9.17) is 0 Å². The lowest BCUT2D eigenvalue weighted by Crippen LogP contribution is -2.52. The fourth-order valence-corrected chi connectivity index (χ4v) is 5.48. The molecule has 1 aliphatic heterocycles. The van der Waals surface area contributed by atoms with E-state index < -0.39 is 5.41 Å². The van der Waals surface area contributed by atoms with Crippen molar-refractivity contribution in [3.8, 4) is 0 Å². The van der Waals surface area contributed by atoms with Gasteiger partial charge in [0.2, 0.25) is 5.91 Å². The Morgan fingerprint density at radius 1 is 1.19 bits per heavy atom. The second-order valence-electron chi connectivity index (χ2n) is 9.11. The van der Waals surface area contributed by atoms with Gasteiger partial charge in [-0.05, 0) is 38.0 Å². The molecule has 4 nitrogen and oxygen atoms in total. The number of rotatable bonds is 2. The van der Waals surface area contributed by atoms with Gasteiger partial charge in [-0.25, -0.2) is 0 Å². The lowest BCUT2D eigenvalue weighted by atomic mass is 9.54. The Balaban J connectivity index is 2.12. The van der Waals surface area contributed by atoms with Crippen molar-refractivity contribution in [2.75, 3.05) is 0 Å². The Kier molecular flexibility index (Phi) is 5.73. The molecular formula is C23H33NO3. The Morgan fingerprint density at radius 3 is 2.63 bits per heavy atom. The summed E-state index contributed by atoms with van der Waals surface area (Å²) in [6, 6.07) is 0.0110. The number of nitrogens with one attached hydrogen (secondary N) is 1. The maximum Gasteiger partial charge on any atom is 0.235 e. The summed E-state index contributed by atoms with van der Waals surface area (Å²) in [5.74, 6) is 0.319. The van der Waals surface area contributed by atoms with Crippen LogP contribution in [-0.4, -0.2) is 23.5 Å². The molecule has 0 aromatic carbocycles. The molecule has 0 saturated carbocycles. The molecule has 5 atom stereocenters. The molecule has 1 spiro atoms. The Morgan fingerprint density at radius 2 is 1.93 bits per heavy atom. The summed E-state index contributed by atoms with van der Waals surface area (Å²) in [5, 5.41) is 3.20. The minimum Gasteiger partial charge on any atom is -0.352 e. The number of carbonyl (C=O) groups excluding carboxylic acids is 3. The number of allylic oxidation sites excluding steroid dienone is 4. The lowest BCUT2D eigenvalue weighted by molar-refractivity contribution is -0.146. The number of Topliss-reactive ketones (excluding diaryl/α,β-unsaturated/α-hetero) is 2. The maximum absolute atomic E-state index is 13.5. The zero-order valence-electron chi connectivity index (χ0n) is 17.1. The van der Waals surface area contributed by atoms with Crippen LogP contribution in [0.3, 0.4) is 0 Å². The van der Waals surface area contributed by atoms with Gasteiger partial charge in [0.15, 0.2) is 0 Å². The van der Waals surface area contributed by atoms with Crippen LogP contribution in [0.2, 0.25) is 0 Å². The second kappa shape index (κ2) is 7.73. The predicted octanol–water partition coefficient (Wildman–Crippen LogP) is 4.00. The molecular weight excluding hydrogens is 338 g/mol. The van der Waals surface area contributed by atoms with Gasteiger partial charge >= 0.3 is 0 Å². The molecule has 1 N–H and O–H groups in total. The number of hydrogen-bond donors (Lipinski definition) is 1. The third-order valence-electron chi connectivity index (χ3n) is 6.86. The summed E-state index contributed by atoms with van der Waals surface area (Å²) < 4.78 is 0. The average Bonchev–Trinajstić information content (AvgIpc) is 2.87. The molecule has 0 radical (unpaired) electrons. The zero-order valence-corrected chi connectivity index (χ0v) is 17.1. The number of amides is 1. The largest absolute Gasteiger partial charge is 0.352 e. The van der Waals surface area contributed by atoms with Crippen LogP contribution in [0.15, 0.2) is 23.8 Å². The average molecular weight is 372 g/mol.